The first-order valence-electron chi connectivity index (χ1n) is 4.22. The van der Waals surface area contributed by atoms with Crippen molar-refractivity contribution in [1.29, 1.82) is 0 Å². The van der Waals surface area contributed by atoms with Gasteiger partial charge >= 0.3 is 5.63 Å². The first-order chi connectivity index (χ1) is 7.11. The Kier molecular flexibility index (Phi) is 2.29. The molecule has 2 N–H and O–H groups in total. The summed E-state index contributed by atoms with van der Waals surface area (Å²) in [6.07, 6.45) is 0. The van der Waals surface area contributed by atoms with Gasteiger partial charge in [0.05, 0.1) is 5.39 Å². The summed E-state index contributed by atoms with van der Waals surface area (Å²) < 4.78 is 4.83. The highest BCUT2D eigenvalue weighted by molar-refractivity contribution is 7.28. The van der Waals surface area contributed by atoms with Crippen molar-refractivity contribution >= 4 is 31.2 Å². The van der Waals surface area contributed by atoms with Gasteiger partial charge in [0, 0.05) is 10.7 Å². The molecule has 2 rings (SSSR count). The van der Waals surface area contributed by atoms with Gasteiger partial charge in [0.1, 0.15) is 0 Å². The lowest BCUT2D eigenvalue weighted by atomic mass is 10.1. The zero-order valence-electron chi connectivity index (χ0n) is 7.69. The van der Waals surface area contributed by atoms with Crippen LogP contribution in [0.4, 0.5) is 0 Å². The monoisotopic (exact) mass is 221 g/mol. The molecule has 0 spiro atoms. The molecule has 0 aliphatic heterocycles. The normalized spacial score (nSPS) is 10.5. The van der Waals surface area contributed by atoms with Gasteiger partial charge in [0.15, 0.2) is 0 Å². The zero-order chi connectivity index (χ0) is 11.0. The average molecular weight is 221 g/mol. The molecule has 1 amide bonds. The van der Waals surface area contributed by atoms with Crippen LogP contribution in [-0.4, -0.2) is 5.91 Å². The van der Waals surface area contributed by atoms with E-state index >= 15 is 0 Å². The number of benzene rings is 1. The maximum absolute atomic E-state index is 11.5. The van der Waals surface area contributed by atoms with Gasteiger partial charge in [-0.3, -0.25) is 4.79 Å². The standard InChI is InChI=1S/C10H8NO3P/c11-9(12)7-8(15)5-3-1-2-4-6(5)10(13)14-7/h1-4H,15H2,(H2,11,12). The van der Waals surface area contributed by atoms with E-state index in [0.29, 0.717) is 16.1 Å². The van der Waals surface area contributed by atoms with Crippen molar-refractivity contribution in [1.82, 2.24) is 0 Å². The second-order valence-corrected chi connectivity index (χ2v) is 3.62. The SMILES string of the molecule is NC(=O)c1oc(=O)c2ccccc2c1P. The highest BCUT2D eigenvalue weighted by Gasteiger charge is 2.13. The minimum absolute atomic E-state index is 0.108. The smallest absolute Gasteiger partial charge is 0.344 e. The van der Waals surface area contributed by atoms with E-state index in [1.807, 2.05) is 0 Å². The van der Waals surface area contributed by atoms with Crippen LogP contribution in [0.3, 0.4) is 0 Å². The molecule has 0 saturated carbocycles. The van der Waals surface area contributed by atoms with Gasteiger partial charge < -0.3 is 10.2 Å². The Hall–Kier alpha value is -1.67. The first-order valence-corrected chi connectivity index (χ1v) is 4.80. The molecule has 4 nitrogen and oxygen atoms in total. The van der Waals surface area contributed by atoms with Crippen LogP contribution in [0.1, 0.15) is 10.6 Å². The van der Waals surface area contributed by atoms with Crippen molar-refractivity contribution in [3.63, 3.8) is 0 Å². The fourth-order valence-electron chi connectivity index (χ4n) is 1.40. The molecular weight excluding hydrogens is 213 g/mol. The summed E-state index contributed by atoms with van der Waals surface area (Å²) in [5.74, 6) is -0.855. The lowest BCUT2D eigenvalue weighted by Crippen LogP contribution is -2.22. The van der Waals surface area contributed by atoms with Crippen molar-refractivity contribution < 1.29 is 9.21 Å². The maximum Gasteiger partial charge on any atom is 0.344 e. The largest absolute Gasteiger partial charge is 0.416 e. The van der Waals surface area contributed by atoms with Gasteiger partial charge in [-0.25, -0.2) is 4.79 Å². The lowest BCUT2D eigenvalue weighted by molar-refractivity contribution is 0.0972. The third-order valence-electron chi connectivity index (χ3n) is 2.10. The molecule has 1 unspecified atom stereocenters. The van der Waals surface area contributed by atoms with Gasteiger partial charge in [-0.15, -0.1) is 9.24 Å². The van der Waals surface area contributed by atoms with Crippen molar-refractivity contribution in [2.45, 2.75) is 0 Å². The number of fused-ring (bicyclic) bond motifs is 1. The number of carbonyl (C=O) groups excluding carboxylic acids is 1. The Morgan fingerprint density at radius 1 is 1.27 bits per heavy atom. The molecule has 0 radical (unpaired) electrons. The fraction of sp³-hybridized carbons (Fsp3) is 0. The minimum atomic E-state index is -0.747. The Morgan fingerprint density at radius 3 is 2.47 bits per heavy atom. The Morgan fingerprint density at radius 2 is 1.87 bits per heavy atom. The van der Waals surface area contributed by atoms with Crippen molar-refractivity contribution in [3.8, 4) is 0 Å². The van der Waals surface area contributed by atoms with Crippen LogP contribution in [-0.2, 0) is 0 Å². The van der Waals surface area contributed by atoms with E-state index in [4.69, 9.17) is 10.2 Å². The number of rotatable bonds is 1. The molecule has 0 saturated heterocycles. The number of nitrogens with two attached hydrogens (primary N) is 1. The quantitative estimate of drug-likeness (QED) is 0.708. The Balaban J connectivity index is 2.97. The molecular formula is C10H8NO3P. The van der Waals surface area contributed by atoms with Crippen LogP contribution in [0.2, 0.25) is 0 Å². The molecule has 0 fully saturated rings. The molecule has 1 atom stereocenters. The summed E-state index contributed by atoms with van der Waals surface area (Å²) in [5.41, 5.74) is 4.54. The van der Waals surface area contributed by atoms with Crippen LogP contribution < -0.4 is 16.7 Å². The van der Waals surface area contributed by atoms with Crippen LogP contribution in [0.25, 0.3) is 10.8 Å². The Labute approximate surface area is 87.3 Å². The van der Waals surface area contributed by atoms with Gasteiger partial charge in [0.2, 0.25) is 5.76 Å². The summed E-state index contributed by atoms with van der Waals surface area (Å²) in [5, 5.41) is 1.61. The van der Waals surface area contributed by atoms with E-state index in [9.17, 15) is 9.59 Å². The molecule has 1 aromatic carbocycles. The van der Waals surface area contributed by atoms with E-state index in [-0.39, 0.29) is 5.76 Å². The third-order valence-corrected chi connectivity index (χ3v) is 2.67. The van der Waals surface area contributed by atoms with Crippen LogP contribution in [0.5, 0.6) is 0 Å². The number of amides is 1. The van der Waals surface area contributed by atoms with Gasteiger partial charge in [-0.1, -0.05) is 18.2 Å². The van der Waals surface area contributed by atoms with Gasteiger partial charge in [0.25, 0.3) is 5.91 Å². The highest BCUT2D eigenvalue weighted by Crippen LogP contribution is 2.12. The number of hydrogen-bond acceptors (Lipinski definition) is 3. The number of primary amides is 1. The molecule has 5 heteroatoms. The highest BCUT2D eigenvalue weighted by atomic mass is 31.0. The van der Waals surface area contributed by atoms with E-state index in [1.165, 1.54) is 0 Å². The molecule has 0 bridgehead atoms. The van der Waals surface area contributed by atoms with Crippen molar-refractivity contribution in [2.75, 3.05) is 0 Å². The first kappa shape index (κ1) is 9.87. The fourth-order valence-corrected chi connectivity index (χ4v) is 1.86. The summed E-state index contributed by atoms with van der Waals surface area (Å²) >= 11 is 0. The van der Waals surface area contributed by atoms with Crippen LogP contribution >= 0.6 is 9.24 Å². The predicted octanol–water partition coefficient (Wildman–Crippen LogP) is 0.392. The minimum Gasteiger partial charge on any atom is -0.416 e. The predicted molar refractivity (Wildman–Crippen MR) is 60.3 cm³/mol. The van der Waals surface area contributed by atoms with Crippen LogP contribution in [0.15, 0.2) is 33.5 Å². The van der Waals surface area contributed by atoms with E-state index in [1.54, 1.807) is 24.3 Å². The molecule has 0 aliphatic carbocycles. The van der Waals surface area contributed by atoms with E-state index in [2.05, 4.69) is 9.24 Å². The van der Waals surface area contributed by atoms with Crippen molar-refractivity contribution in [3.05, 3.63) is 40.4 Å². The maximum atomic E-state index is 11.5. The summed E-state index contributed by atoms with van der Waals surface area (Å²) in [7, 11) is 2.36. The summed E-state index contributed by atoms with van der Waals surface area (Å²) in [6, 6.07) is 6.88. The second-order valence-electron chi connectivity index (χ2n) is 3.04. The molecule has 15 heavy (non-hydrogen) atoms. The lowest BCUT2D eigenvalue weighted by Gasteiger charge is -2.03. The zero-order valence-corrected chi connectivity index (χ0v) is 8.84. The third kappa shape index (κ3) is 1.53. The summed E-state index contributed by atoms with van der Waals surface area (Å²) in [6.45, 7) is 0. The molecule has 1 heterocycles. The second kappa shape index (κ2) is 3.48. The van der Waals surface area contributed by atoms with E-state index in [0.717, 1.165) is 0 Å². The van der Waals surface area contributed by atoms with Gasteiger partial charge in [-0.2, -0.15) is 0 Å². The van der Waals surface area contributed by atoms with Crippen molar-refractivity contribution in [2.24, 2.45) is 5.73 Å². The molecule has 76 valence electrons. The van der Waals surface area contributed by atoms with Crippen LogP contribution in [0, 0.1) is 0 Å². The molecule has 2 aromatic rings. The molecule has 0 aliphatic rings. The number of hydrogen-bond donors (Lipinski definition) is 1. The molecule has 1 aromatic heterocycles. The van der Waals surface area contributed by atoms with E-state index < -0.39 is 11.5 Å². The Bertz CT molecular complexity index is 603. The number of carbonyl (C=O) groups is 1. The van der Waals surface area contributed by atoms with Gasteiger partial charge in [-0.05, 0) is 6.07 Å². The summed E-state index contributed by atoms with van der Waals surface area (Å²) in [4.78, 5) is 22.5. The average Bonchev–Trinajstić information content (AvgIpc) is 2.23. The topological polar surface area (TPSA) is 73.3 Å².